The summed E-state index contributed by atoms with van der Waals surface area (Å²) in [5, 5.41) is 6.04. The lowest BCUT2D eigenvalue weighted by Gasteiger charge is -2.41. The van der Waals surface area contributed by atoms with Crippen LogP contribution in [0.4, 0.5) is 22.0 Å². The summed E-state index contributed by atoms with van der Waals surface area (Å²) < 4.78 is 79.1. The van der Waals surface area contributed by atoms with Crippen molar-refractivity contribution in [3.05, 3.63) is 152 Å². The van der Waals surface area contributed by atoms with E-state index < -0.39 is 40.5 Å². The second-order valence-electron chi connectivity index (χ2n) is 14.5. The van der Waals surface area contributed by atoms with Crippen molar-refractivity contribution in [1.82, 2.24) is 20.6 Å². The van der Waals surface area contributed by atoms with Crippen LogP contribution < -0.4 is 10.6 Å². The van der Waals surface area contributed by atoms with Crippen LogP contribution in [-0.2, 0) is 43.0 Å². The van der Waals surface area contributed by atoms with Gasteiger partial charge in [0.15, 0.2) is 17.5 Å². The molecule has 2 N–H and O–H groups in total. The number of amidine groups is 2. The normalized spacial score (nSPS) is 20.8. The molecule has 4 aliphatic rings. The molecule has 10 nitrogen and oxygen atoms in total. The summed E-state index contributed by atoms with van der Waals surface area (Å²) in [4.78, 5) is 43.1. The van der Waals surface area contributed by atoms with E-state index in [2.05, 4.69) is 20.6 Å². The number of aliphatic imine (C=N–C) groups is 2. The number of nitrogens with zero attached hydrogens (tertiary/aromatic N) is 4. The molecule has 2 aliphatic carbocycles. The standard InChI is InChI=1S/C22H21F2N3O2.C21H18F3N3O2/c1-12-9-16(24)11-25-19(12)20-26-13(2)18(21(28)29-3)22(27-20)8-4-5-14-10-15(23)6-7-17(14)22;1-11-17(20(28)29-2)21(7-3-4-12-8-13(22)5-6-15(12)21)27-19(26-11)18-16(24)9-14(23)10-25-18/h6-7,9-11H,4-5,8H2,1-3H3,(H,26,27);5-6,8-10H,3-4,7H2,1-2H3,(H,26,27). The Balaban J connectivity index is 0.000000177. The molecule has 2 aromatic carbocycles. The number of aryl methyl sites for hydroxylation is 3. The fourth-order valence-corrected chi connectivity index (χ4v) is 8.53. The number of halogens is 5. The van der Waals surface area contributed by atoms with Gasteiger partial charge in [-0.1, -0.05) is 12.1 Å². The fraction of sp³-hybridized carbons (Fsp3) is 0.302. The van der Waals surface area contributed by atoms with Crippen molar-refractivity contribution in [2.75, 3.05) is 14.2 Å². The first-order valence-corrected chi connectivity index (χ1v) is 18.6. The molecule has 2 spiro atoms. The summed E-state index contributed by atoms with van der Waals surface area (Å²) in [5.41, 5.74) is 3.44. The van der Waals surface area contributed by atoms with Gasteiger partial charge in [0, 0.05) is 17.5 Å². The molecule has 8 rings (SSSR count). The molecule has 2 atom stereocenters. The molecular formula is C43H39F5N6O4. The highest BCUT2D eigenvalue weighted by atomic mass is 19.1. The second-order valence-corrected chi connectivity index (χ2v) is 14.5. The molecule has 300 valence electrons. The Morgan fingerprint density at radius 3 is 1.52 bits per heavy atom. The predicted molar refractivity (Wildman–Crippen MR) is 204 cm³/mol. The van der Waals surface area contributed by atoms with E-state index in [4.69, 9.17) is 19.5 Å². The number of carbonyl (C=O) groups excluding carboxylic acids is 2. The zero-order valence-electron chi connectivity index (χ0n) is 32.3. The first kappa shape index (κ1) is 40.0. The molecule has 0 fully saturated rings. The summed E-state index contributed by atoms with van der Waals surface area (Å²) in [5.74, 6) is -3.37. The minimum Gasteiger partial charge on any atom is -0.466 e. The van der Waals surface area contributed by atoms with Gasteiger partial charge in [0.25, 0.3) is 0 Å². The fourth-order valence-electron chi connectivity index (χ4n) is 8.53. The van der Waals surface area contributed by atoms with Crippen LogP contribution in [0.5, 0.6) is 0 Å². The number of benzene rings is 2. The lowest BCUT2D eigenvalue weighted by Crippen LogP contribution is -2.44. The number of rotatable bonds is 4. The summed E-state index contributed by atoms with van der Waals surface area (Å²) >= 11 is 0. The minimum absolute atomic E-state index is 0.0739. The molecule has 4 aromatic rings. The van der Waals surface area contributed by atoms with Gasteiger partial charge >= 0.3 is 11.9 Å². The van der Waals surface area contributed by atoms with Crippen molar-refractivity contribution in [3.8, 4) is 0 Å². The Bertz CT molecular complexity index is 2330. The molecule has 2 aromatic heterocycles. The monoisotopic (exact) mass is 798 g/mol. The molecular weight excluding hydrogens is 760 g/mol. The summed E-state index contributed by atoms with van der Waals surface area (Å²) in [6.45, 7) is 5.18. The molecule has 0 bridgehead atoms. The van der Waals surface area contributed by atoms with Gasteiger partial charge in [-0.2, -0.15) is 0 Å². The van der Waals surface area contributed by atoms with E-state index >= 15 is 0 Å². The van der Waals surface area contributed by atoms with Crippen molar-refractivity contribution in [2.45, 2.75) is 70.4 Å². The Labute approximate surface area is 331 Å². The molecule has 0 amide bonds. The van der Waals surface area contributed by atoms with Gasteiger partial charge in [-0.05, 0) is 117 Å². The number of nitrogens with one attached hydrogen (secondary N) is 2. The summed E-state index contributed by atoms with van der Waals surface area (Å²) in [7, 11) is 2.60. The van der Waals surface area contributed by atoms with Crippen LogP contribution in [0.15, 0.2) is 93.4 Å². The first-order chi connectivity index (χ1) is 27.7. The maximum absolute atomic E-state index is 14.4. The van der Waals surface area contributed by atoms with E-state index in [-0.39, 0.29) is 28.7 Å². The van der Waals surface area contributed by atoms with E-state index in [1.165, 1.54) is 44.6 Å². The van der Waals surface area contributed by atoms with Crippen molar-refractivity contribution in [2.24, 2.45) is 9.98 Å². The number of hydrogen-bond acceptors (Lipinski definition) is 10. The van der Waals surface area contributed by atoms with Crippen LogP contribution in [0.3, 0.4) is 0 Å². The molecule has 15 heteroatoms. The van der Waals surface area contributed by atoms with E-state index in [1.807, 2.05) is 0 Å². The van der Waals surface area contributed by atoms with Crippen molar-refractivity contribution in [3.63, 3.8) is 0 Å². The van der Waals surface area contributed by atoms with E-state index in [0.29, 0.717) is 71.7 Å². The van der Waals surface area contributed by atoms with Crippen molar-refractivity contribution < 1.29 is 41.0 Å². The smallest absolute Gasteiger partial charge is 0.338 e. The van der Waals surface area contributed by atoms with Crippen molar-refractivity contribution in [1.29, 1.82) is 0 Å². The highest BCUT2D eigenvalue weighted by Crippen LogP contribution is 2.49. The quantitative estimate of drug-likeness (QED) is 0.164. The van der Waals surface area contributed by atoms with Gasteiger partial charge in [-0.3, -0.25) is 0 Å². The van der Waals surface area contributed by atoms with Crippen LogP contribution >= 0.6 is 0 Å². The van der Waals surface area contributed by atoms with Crippen LogP contribution in [0.2, 0.25) is 0 Å². The molecule has 2 aliphatic heterocycles. The Morgan fingerprint density at radius 1 is 0.621 bits per heavy atom. The summed E-state index contributed by atoms with van der Waals surface area (Å²) in [6.07, 6.45) is 5.75. The van der Waals surface area contributed by atoms with E-state index in [0.717, 1.165) is 41.6 Å². The van der Waals surface area contributed by atoms with E-state index in [9.17, 15) is 31.5 Å². The number of methoxy groups -OCH3 is 2. The van der Waals surface area contributed by atoms with Crippen LogP contribution in [-0.4, -0.2) is 47.8 Å². The number of carbonyl (C=O) groups is 2. The average Bonchev–Trinajstić information content (AvgIpc) is 3.17. The zero-order chi connectivity index (χ0) is 41.5. The molecule has 4 heterocycles. The third kappa shape index (κ3) is 7.02. The first-order valence-electron chi connectivity index (χ1n) is 18.6. The van der Waals surface area contributed by atoms with Gasteiger partial charge in [0.1, 0.15) is 45.7 Å². The number of hydrogen-bond donors (Lipinski definition) is 2. The van der Waals surface area contributed by atoms with Crippen LogP contribution in [0.1, 0.15) is 78.7 Å². The SMILES string of the molecule is COC(=O)C1=C(C)NC(c2ncc(F)cc2C)=NC12CCCc1cc(F)ccc12.COC(=O)C1=C(C)NC(c2ncc(F)cc2F)=NC12CCCc1cc(F)ccc12. The van der Waals surface area contributed by atoms with Crippen LogP contribution in [0.25, 0.3) is 0 Å². The van der Waals surface area contributed by atoms with Crippen LogP contribution in [0, 0.1) is 36.0 Å². The number of fused-ring (bicyclic) bond motifs is 4. The number of aromatic nitrogens is 2. The average molecular weight is 799 g/mol. The maximum atomic E-state index is 14.4. The molecule has 0 saturated carbocycles. The van der Waals surface area contributed by atoms with Crippen molar-refractivity contribution >= 4 is 23.6 Å². The Morgan fingerprint density at radius 2 is 1.07 bits per heavy atom. The van der Waals surface area contributed by atoms with Gasteiger partial charge in [0.05, 0.1) is 37.8 Å². The third-order valence-electron chi connectivity index (χ3n) is 10.9. The number of ether oxygens (including phenoxy) is 2. The molecule has 2 unspecified atom stereocenters. The lowest BCUT2D eigenvalue weighted by molar-refractivity contribution is -0.138. The van der Waals surface area contributed by atoms with Gasteiger partial charge < -0.3 is 20.1 Å². The molecule has 0 saturated heterocycles. The zero-order valence-corrected chi connectivity index (χ0v) is 32.3. The third-order valence-corrected chi connectivity index (χ3v) is 10.9. The Kier molecular flexibility index (Phi) is 10.7. The minimum atomic E-state index is -1.18. The van der Waals surface area contributed by atoms with Gasteiger partial charge in [-0.15, -0.1) is 0 Å². The molecule has 0 radical (unpaired) electrons. The Hall–Kier alpha value is -6.25. The highest BCUT2D eigenvalue weighted by Gasteiger charge is 2.49. The second kappa shape index (κ2) is 15.6. The maximum Gasteiger partial charge on any atom is 0.338 e. The van der Waals surface area contributed by atoms with Gasteiger partial charge in [0.2, 0.25) is 0 Å². The number of allylic oxidation sites excluding steroid dienone is 2. The molecule has 58 heavy (non-hydrogen) atoms. The predicted octanol–water partition coefficient (Wildman–Crippen LogP) is 7.22. The number of esters is 2. The largest absolute Gasteiger partial charge is 0.466 e. The van der Waals surface area contributed by atoms with Gasteiger partial charge in [-0.25, -0.2) is 51.5 Å². The highest BCUT2D eigenvalue weighted by molar-refractivity contribution is 6.05. The lowest BCUT2D eigenvalue weighted by atomic mass is 9.71. The van der Waals surface area contributed by atoms with E-state index in [1.54, 1.807) is 32.9 Å². The number of pyridine rings is 2. The summed E-state index contributed by atoms with van der Waals surface area (Å²) in [6, 6.07) is 11.0. The topological polar surface area (TPSA) is 127 Å².